The van der Waals surface area contributed by atoms with Gasteiger partial charge in [0.15, 0.2) is 0 Å². The summed E-state index contributed by atoms with van der Waals surface area (Å²) < 4.78 is 26.2. The summed E-state index contributed by atoms with van der Waals surface area (Å²) in [5.41, 5.74) is 3.26. The molecule has 0 radical (unpaired) electrons. The van der Waals surface area contributed by atoms with Crippen molar-refractivity contribution in [1.82, 2.24) is 10.3 Å². The fraction of sp³-hybridized carbons (Fsp3) is 0.364. The highest BCUT2D eigenvalue weighted by molar-refractivity contribution is 5.82. The van der Waals surface area contributed by atoms with Crippen molar-refractivity contribution in [3.63, 3.8) is 0 Å². The van der Waals surface area contributed by atoms with Crippen LogP contribution in [0.1, 0.15) is 66.0 Å². The molecule has 0 spiro atoms. The quantitative estimate of drug-likeness (QED) is 0.811. The summed E-state index contributed by atoms with van der Waals surface area (Å²) >= 11 is 0. The van der Waals surface area contributed by atoms with Crippen molar-refractivity contribution in [2.75, 3.05) is 0 Å². The lowest BCUT2D eigenvalue weighted by atomic mass is 9.95. The summed E-state index contributed by atoms with van der Waals surface area (Å²) in [6, 6.07) is 8.35. The van der Waals surface area contributed by atoms with E-state index in [0.717, 1.165) is 29.5 Å². The van der Waals surface area contributed by atoms with E-state index in [1.807, 2.05) is 18.2 Å². The average Bonchev–Trinajstić information content (AvgIpc) is 3.40. The first kappa shape index (κ1) is 18.6. The van der Waals surface area contributed by atoms with Gasteiger partial charge >= 0.3 is 0 Å². The number of benzene rings is 1. The van der Waals surface area contributed by atoms with E-state index in [0.29, 0.717) is 30.0 Å². The molecule has 1 aromatic carbocycles. The van der Waals surface area contributed by atoms with E-state index in [-0.39, 0.29) is 23.1 Å². The zero-order chi connectivity index (χ0) is 19.8. The van der Waals surface area contributed by atoms with Gasteiger partial charge in [-0.3, -0.25) is 9.59 Å². The zero-order valence-electron chi connectivity index (χ0n) is 15.6. The standard InChI is InChI=1S/C22H22F2N2O2/c1-12-10-14(4-6-16(12)21(23)24)18(11-15-5-9-20(27)25-15)19-8-7-17(13-2-3-13)22(28)26-19/h4,6-8,10-11,13,15,21H,2-3,5,9H2,1H3,(H,25,27)(H,26,28)/t15-/m1/s1. The van der Waals surface area contributed by atoms with Crippen LogP contribution in [0.5, 0.6) is 0 Å². The Balaban J connectivity index is 1.77. The number of carbonyl (C=O) groups excluding carboxylic acids is 1. The maximum Gasteiger partial charge on any atom is 0.264 e. The summed E-state index contributed by atoms with van der Waals surface area (Å²) in [7, 11) is 0. The van der Waals surface area contributed by atoms with Crippen molar-refractivity contribution < 1.29 is 13.6 Å². The molecule has 146 valence electrons. The predicted molar refractivity (Wildman–Crippen MR) is 103 cm³/mol. The van der Waals surface area contributed by atoms with Gasteiger partial charge in [-0.15, -0.1) is 0 Å². The second kappa shape index (κ2) is 7.34. The van der Waals surface area contributed by atoms with Crippen molar-refractivity contribution in [1.29, 1.82) is 0 Å². The highest BCUT2D eigenvalue weighted by atomic mass is 19.3. The van der Waals surface area contributed by atoms with Crippen LogP contribution < -0.4 is 10.9 Å². The molecule has 6 heteroatoms. The van der Waals surface area contributed by atoms with E-state index in [2.05, 4.69) is 10.3 Å². The molecule has 2 aliphatic rings. The molecule has 1 saturated carbocycles. The fourth-order valence-corrected chi connectivity index (χ4v) is 3.75. The smallest absolute Gasteiger partial charge is 0.264 e. The molecule has 1 saturated heterocycles. The summed E-state index contributed by atoms with van der Waals surface area (Å²) in [6.07, 6.45) is 2.56. The third-order valence-electron chi connectivity index (χ3n) is 5.46. The largest absolute Gasteiger partial charge is 0.350 e. The number of rotatable bonds is 5. The first-order chi connectivity index (χ1) is 13.4. The number of H-pyrrole nitrogens is 1. The first-order valence-corrected chi connectivity index (χ1v) is 9.56. The molecule has 4 nitrogen and oxygen atoms in total. The lowest BCUT2D eigenvalue weighted by Gasteiger charge is -2.15. The van der Waals surface area contributed by atoms with Crippen molar-refractivity contribution >= 4 is 11.5 Å². The predicted octanol–water partition coefficient (Wildman–Crippen LogP) is 4.21. The SMILES string of the molecule is Cc1cc(C(=C[C@H]2CCC(=O)N2)c2ccc(C3CC3)c(=O)[nH]2)ccc1C(F)F. The molecule has 1 aromatic heterocycles. The number of pyridine rings is 1. The second-order valence-corrected chi connectivity index (χ2v) is 7.60. The Hall–Kier alpha value is -2.76. The van der Waals surface area contributed by atoms with Gasteiger partial charge in [-0.05, 0) is 49.3 Å². The van der Waals surface area contributed by atoms with E-state index in [4.69, 9.17) is 0 Å². The van der Waals surface area contributed by atoms with Gasteiger partial charge in [0.1, 0.15) is 0 Å². The Bertz CT molecular complexity index is 1010. The Kier molecular flexibility index (Phi) is 4.87. The van der Waals surface area contributed by atoms with Crippen molar-refractivity contribution in [3.8, 4) is 0 Å². The van der Waals surface area contributed by atoms with E-state index in [1.165, 1.54) is 6.07 Å². The minimum atomic E-state index is -2.53. The molecule has 0 bridgehead atoms. The summed E-state index contributed by atoms with van der Waals surface area (Å²) in [5.74, 6) is 0.328. The normalized spacial score (nSPS) is 19.9. The van der Waals surface area contributed by atoms with Gasteiger partial charge < -0.3 is 10.3 Å². The number of halogens is 2. The molecule has 2 fully saturated rings. The summed E-state index contributed by atoms with van der Waals surface area (Å²) in [6.45, 7) is 1.65. The van der Waals surface area contributed by atoms with Crippen LogP contribution in [0.2, 0.25) is 0 Å². The Morgan fingerprint density at radius 1 is 1.14 bits per heavy atom. The van der Waals surface area contributed by atoms with Gasteiger partial charge in [0.2, 0.25) is 5.91 Å². The maximum atomic E-state index is 13.1. The molecule has 1 aliphatic heterocycles. The van der Waals surface area contributed by atoms with Crippen LogP contribution in [0.3, 0.4) is 0 Å². The number of aryl methyl sites for hydroxylation is 1. The molecule has 2 heterocycles. The van der Waals surface area contributed by atoms with Crippen LogP contribution in [-0.2, 0) is 4.79 Å². The molecule has 2 aromatic rings. The molecule has 28 heavy (non-hydrogen) atoms. The highest BCUT2D eigenvalue weighted by Crippen LogP contribution is 2.38. The molecular weight excluding hydrogens is 362 g/mol. The number of nitrogens with one attached hydrogen (secondary N) is 2. The summed E-state index contributed by atoms with van der Waals surface area (Å²) in [5, 5.41) is 2.89. The lowest BCUT2D eigenvalue weighted by Crippen LogP contribution is -2.23. The van der Waals surface area contributed by atoms with Crippen molar-refractivity contribution in [2.24, 2.45) is 0 Å². The minimum absolute atomic E-state index is 0.00477. The van der Waals surface area contributed by atoms with Crippen LogP contribution in [0.25, 0.3) is 5.57 Å². The number of alkyl halides is 2. The molecule has 1 amide bonds. The number of hydrogen-bond acceptors (Lipinski definition) is 2. The van der Waals surface area contributed by atoms with E-state index in [9.17, 15) is 18.4 Å². The number of aromatic amines is 1. The van der Waals surface area contributed by atoms with Gasteiger partial charge in [-0.1, -0.05) is 30.3 Å². The van der Waals surface area contributed by atoms with E-state index < -0.39 is 6.43 Å². The summed E-state index contributed by atoms with van der Waals surface area (Å²) in [4.78, 5) is 27.0. The number of amides is 1. The Labute approximate surface area is 161 Å². The molecular formula is C22H22F2N2O2. The van der Waals surface area contributed by atoms with Gasteiger partial charge in [0.05, 0.1) is 0 Å². The topological polar surface area (TPSA) is 62.0 Å². The van der Waals surface area contributed by atoms with Crippen LogP contribution in [0.4, 0.5) is 8.78 Å². The van der Waals surface area contributed by atoms with E-state index >= 15 is 0 Å². The molecule has 1 aliphatic carbocycles. The van der Waals surface area contributed by atoms with Gasteiger partial charge in [-0.25, -0.2) is 8.78 Å². The van der Waals surface area contributed by atoms with Crippen LogP contribution >= 0.6 is 0 Å². The van der Waals surface area contributed by atoms with E-state index in [1.54, 1.807) is 19.1 Å². The number of aromatic nitrogens is 1. The molecule has 1 atom stereocenters. The molecule has 4 rings (SSSR count). The van der Waals surface area contributed by atoms with Gasteiger partial charge in [-0.2, -0.15) is 0 Å². The van der Waals surface area contributed by atoms with Gasteiger partial charge in [0, 0.05) is 34.9 Å². The highest BCUT2D eigenvalue weighted by Gasteiger charge is 2.27. The third-order valence-corrected chi connectivity index (χ3v) is 5.46. The zero-order valence-corrected chi connectivity index (χ0v) is 15.6. The fourth-order valence-electron chi connectivity index (χ4n) is 3.75. The third kappa shape index (κ3) is 3.77. The van der Waals surface area contributed by atoms with Gasteiger partial charge in [0.25, 0.3) is 12.0 Å². The molecule has 2 N–H and O–H groups in total. The van der Waals surface area contributed by atoms with Crippen molar-refractivity contribution in [2.45, 2.75) is 51.0 Å². The monoisotopic (exact) mass is 384 g/mol. The van der Waals surface area contributed by atoms with Crippen LogP contribution in [0, 0.1) is 6.92 Å². The van der Waals surface area contributed by atoms with Crippen LogP contribution in [-0.4, -0.2) is 16.9 Å². The van der Waals surface area contributed by atoms with Crippen molar-refractivity contribution in [3.05, 3.63) is 74.7 Å². The number of carbonyl (C=O) groups is 1. The Morgan fingerprint density at radius 2 is 1.93 bits per heavy atom. The van der Waals surface area contributed by atoms with Crippen LogP contribution in [0.15, 0.2) is 41.2 Å². The lowest BCUT2D eigenvalue weighted by molar-refractivity contribution is -0.119. The number of hydrogen-bond donors (Lipinski definition) is 2. The Morgan fingerprint density at radius 3 is 2.50 bits per heavy atom. The average molecular weight is 384 g/mol. The first-order valence-electron chi connectivity index (χ1n) is 9.56. The maximum absolute atomic E-state index is 13.1. The minimum Gasteiger partial charge on any atom is -0.350 e. The second-order valence-electron chi connectivity index (χ2n) is 7.60. The molecule has 0 unspecified atom stereocenters.